The van der Waals surface area contributed by atoms with Crippen LogP contribution in [0.3, 0.4) is 0 Å². The van der Waals surface area contributed by atoms with Crippen molar-refractivity contribution in [2.45, 2.75) is 58.0 Å². The zero-order chi connectivity index (χ0) is 13.4. The van der Waals surface area contributed by atoms with Crippen molar-refractivity contribution in [3.63, 3.8) is 0 Å². The second kappa shape index (κ2) is 5.10. The molecule has 0 aromatic heterocycles. The predicted octanol–water partition coefficient (Wildman–Crippen LogP) is 1.92. The first-order valence-corrected chi connectivity index (χ1v) is 7.54. The lowest BCUT2D eigenvalue weighted by molar-refractivity contribution is -0.0439. The summed E-state index contributed by atoms with van der Waals surface area (Å²) in [5.74, 6) is 0. The molecule has 1 saturated heterocycles. The fourth-order valence-electron chi connectivity index (χ4n) is 4.34. The van der Waals surface area contributed by atoms with E-state index in [-0.39, 0.29) is 5.54 Å². The molecule has 0 amide bonds. The van der Waals surface area contributed by atoms with Crippen molar-refractivity contribution in [3.05, 3.63) is 0 Å². The summed E-state index contributed by atoms with van der Waals surface area (Å²) in [5, 5.41) is 0. The Kier molecular flexibility index (Phi) is 4.05. The van der Waals surface area contributed by atoms with Crippen molar-refractivity contribution in [3.8, 4) is 0 Å². The minimum atomic E-state index is 0.266. The Morgan fingerprint density at radius 2 is 1.94 bits per heavy atom. The van der Waals surface area contributed by atoms with Gasteiger partial charge in [-0.25, -0.2) is 0 Å². The first-order valence-electron chi connectivity index (χ1n) is 7.54. The third kappa shape index (κ3) is 2.73. The van der Waals surface area contributed by atoms with Gasteiger partial charge in [-0.2, -0.15) is 0 Å². The summed E-state index contributed by atoms with van der Waals surface area (Å²) in [6, 6.07) is 0.640. The van der Waals surface area contributed by atoms with Gasteiger partial charge in [0, 0.05) is 37.8 Å². The number of rotatable bonds is 2. The molecule has 0 radical (unpaired) electrons. The van der Waals surface area contributed by atoms with Gasteiger partial charge in [-0.05, 0) is 38.6 Å². The van der Waals surface area contributed by atoms with Crippen LogP contribution in [-0.4, -0.2) is 54.6 Å². The van der Waals surface area contributed by atoms with Crippen molar-refractivity contribution in [1.29, 1.82) is 0 Å². The van der Waals surface area contributed by atoms with Crippen LogP contribution in [0.25, 0.3) is 0 Å². The van der Waals surface area contributed by atoms with Crippen LogP contribution in [0.5, 0.6) is 0 Å². The van der Waals surface area contributed by atoms with Crippen LogP contribution >= 0.6 is 0 Å². The molecule has 3 nitrogen and oxygen atoms in total. The highest BCUT2D eigenvalue weighted by Crippen LogP contribution is 2.44. The van der Waals surface area contributed by atoms with E-state index >= 15 is 0 Å². The standard InChI is InChI=1S/C15H31N3/c1-13-10-17(4)8-9-18(13)15(12-16)7-5-6-14(2,3)11-15/h13H,5-12,16H2,1-4H3. The molecule has 2 atom stereocenters. The van der Waals surface area contributed by atoms with Crippen LogP contribution in [0, 0.1) is 5.41 Å². The minimum absolute atomic E-state index is 0.266. The van der Waals surface area contributed by atoms with Gasteiger partial charge in [-0.1, -0.05) is 20.3 Å². The van der Waals surface area contributed by atoms with Crippen molar-refractivity contribution in [2.24, 2.45) is 11.1 Å². The van der Waals surface area contributed by atoms with Gasteiger partial charge in [-0.3, -0.25) is 4.90 Å². The van der Waals surface area contributed by atoms with Crippen molar-refractivity contribution >= 4 is 0 Å². The molecule has 1 saturated carbocycles. The van der Waals surface area contributed by atoms with E-state index in [9.17, 15) is 0 Å². The van der Waals surface area contributed by atoms with Crippen LogP contribution < -0.4 is 5.73 Å². The molecule has 1 heterocycles. The highest BCUT2D eigenvalue weighted by Gasteiger charge is 2.45. The third-order valence-corrected chi connectivity index (χ3v) is 5.12. The van der Waals surface area contributed by atoms with Gasteiger partial charge in [0.1, 0.15) is 0 Å². The minimum Gasteiger partial charge on any atom is -0.329 e. The number of piperazine rings is 1. The summed E-state index contributed by atoms with van der Waals surface area (Å²) in [5.41, 5.74) is 6.96. The SMILES string of the molecule is CC1CN(C)CCN1C1(CN)CCCC(C)(C)C1. The van der Waals surface area contributed by atoms with Gasteiger partial charge in [0.05, 0.1) is 0 Å². The first kappa shape index (κ1) is 14.3. The average molecular weight is 253 g/mol. The van der Waals surface area contributed by atoms with Crippen LogP contribution in [0.1, 0.15) is 46.5 Å². The molecular weight excluding hydrogens is 222 g/mol. The Morgan fingerprint density at radius 3 is 2.50 bits per heavy atom. The van der Waals surface area contributed by atoms with Crippen LogP contribution in [0.2, 0.25) is 0 Å². The quantitative estimate of drug-likeness (QED) is 0.816. The molecule has 2 rings (SSSR count). The van der Waals surface area contributed by atoms with E-state index in [1.165, 1.54) is 45.3 Å². The highest BCUT2D eigenvalue weighted by molar-refractivity contribution is 5.02. The maximum absolute atomic E-state index is 6.23. The van der Waals surface area contributed by atoms with Crippen molar-refractivity contribution < 1.29 is 0 Å². The van der Waals surface area contributed by atoms with Gasteiger partial charge < -0.3 is 10.6 Å². The molecule has 3 heteroatoms. The van der Waals surface area contributed by atoms with Gasteiger partial charge in [0.25, 0.3) is 0 Å². The summed E-state index contributed by atoms with van der Waals surface area (Å²) in [6.07, 6.45) is 5.26. The maximum atomic E-state index is 6.23. The summed E-state index contributed by atoms with van der Waals surface area (Å²) < 4.78 is 0. The molecule has 1 aliphatic heterocycles. The first-order chi connectivity index (χ1) is 8.38. The molecule has 18 heavy (non-hydrogen) atoms. The van der Waals surface area contributed by atoms with Crippen LogP contribution in [-0.2, 0) is 0 Å². The maximum Gasteiger partial charge on any atom is 0.0340 e. The highest BCUT2D eigenvalue weighted by atomic mass is 15.3. The second-order valence-corrected chi connectivity index (χ2v) is 7.43. The van der Waals surface area contributed by atoms with E-state index in [4.69, 9.17) is 5.73 Å². The molecule has 106 valence electrons. The molecule has 0 aromatic carbocycles. The molecular formula is C15H31N3. The lowest BCUT2D eigenvalue weighted by atomic mass is 9.67. The normalized spacial score (nSPS) is 38.8. The average Bonchev–Trinajstić information content (AvgIpc) is 2.27. The van der Waals surface area contributed by atoms with Gasteiger partial charge in [0.2, 0.25) is 0 Å². The van der Waals surface area contributed by atoms with E-state index in [1.54, 1.807) is 0 Å². The number of nitrogens with zero attached hydrogens (tertiary/aromatic N) is 2. The van der Waals surface area contributed by atoms with Crippen LogP contribution in [0.15, 0.2) is 0 Å². The fourth-order valence-corrected chi connectivity index (χ4v) is 4.34. The zero-order valence-corrected chi connectivity index (χ0v) is 12.7. The van der Waals surface area contributed by atoms with Crippen molar-refractivity contribution in [1.82, 2.24) is 9.80 Å². The largest absolute Gasteiger partial charge is 0.329 e. The molecule has 2 N–H and O–H groups in total. The third-order valence-electron chi connectivity index (χ3n) is 5.12. The molecule has 1 aliphatic carbocycles. The zero-order valence-electron chi connectivity index (χ0n) is 12.7. The van der Waals surface area contributed by atoms with Crippen LogP contribution in [0.4, 0.5) is 0 Å². The van der Waals surface area contributed by atoms with E-state index in [0.29, 0.717) is 11.5 Å². The van der Waals surface area contributed by atoms with Gasteiger partial charge in [-0.15, -0.1) is 0 Å². The van der Waals surface area contributed by atoms with E-state index in [2.05, 4.69) is 37.6 Å². The topological polar surface area (TPSA) is 32.5 Å². The van der Waals surface area contributed by atoms with Crippen molar-refractivity contribution in [2.75, 3.05) is 33.2 Å². The summed E-state index contributed by atoms with van der Waals surface area (Å²) >= 11 is 0. The summed E-state index contributed by atoms with van der Waals surface area (Å²) in [4.78, 5) is 5.17. The Morgan fingerprint density at radius 1 is 1.22 bits per heavy atom. The van der Waals surface area contributed by atoms with E-state index in [1.807, 2.05) is 0 Å². The lowest BCUT2D eigenvalue weighted by Crippen LogP contribution is -2.65. The molecule has 0 spiro atoms. The Balaban J connectivity index is 2.16. The number of nitrogens with two attached hydrogens (primary N) is 1. The molecule has 2 aliphatic rings. The predicted molar refractivity (Wildman–Crippen MR) is 77.7 cm³/mol. The number of likely N-dealkylation sites (N-methyl/N-ethyl adjacent to an activating group) is 1. The summed E-state index contributed by atoms with van der Waals surface area (Å²) in [6.45, 7) is 11.6. The van der Waals surface area contributed by atoms with E-state index < -0.39 is 0 Å². The van der Waals surface area contributed by atoms with Gasteiger partial charge in [0.15, 0.2) is 0 Å². The molecule has 2 fully saturated rings. The van der Waals surface area contributed by atoms with Gasteiger partial charge >= 0.3 is 0 Å². The smallest absolute Gasteiger partial charge is 0.0340 e. The van der Waals surface area contributed by atoms with E-state index in [0.717, 1.165) is 6.54 Å². The summed E-state index contributed by atoms with van der Waals surface area (Å²) in [7, 11) is 2.23. The fraction of sp³-hybridized carbons (Fsp3) is 1.00. The molecule has 0 bridgehead atoms. The Bertz CT molecular complexity index is 289. The second-order valence-electron chi connectivity index (χ2n) is 7.43. The lowest BCUT2D eigenvalue weighted by Gasteiger charge is -2.55. The monoisotopic (exact) mass is 253 g/mol. The Hall–Kier alpha value is -0.120. The number of hydrogen-bond acceptors (Lipinski definition) is 3. The Labute approximate surface area is 113 Å². The molecule has 2 unspecified atom stereocenters. The molecule has 0 aromatic rings. The number of hydrogen-bond donors (Lipinski definition) is 1.